The standard InChI is InChI=1S/C26H34FN3O3S/c1-19-5-3-15-29(17-19)24-11-7-21(8-12-24)20(2)28-26(31)22-6-4-16-30(18-22)34(32,33)25-13-9-23(27)10-14-25/h7-14,19-20,22H,3-6,15-18H2,1-2H3,(H,28,31)/t19-,20+,22+/m1/s1. The highest BCUT2D eigenvalue weighted by atomic mass is 32.2. The Balaban J connectivity index is 1.36. The molecule has 2 aliphatic heterocycles. The average Bonchev–Trinajstić information content (AvgIpc) is 2.84. The second-order valence-electron chi connectivity index (χ2n) is 9.67. The number of nitrogens with zero attached hydrogens (tertiary/aromatic N) is 2. The molecule has 8 heteroatoms. The molecule has 1 N–H and O–H groups in total. The lowest BCUT2D eigenvalue weighted by Gasteiger charge is -2.33. The van der Waals surface area contributed by atoms with Crippen LogP contribution in [0.3, 0.4) is 0 Å². The summed E-state index contributed by atoms with van der Waals surface area (Å²) in [7, 11) is -3.76. The van der Waals surface area contributed by atoms with E-state index in [1.54, 1.807) is 0 Å². The van der Waals surface area contributed by atoms with Crippen LogP contribution in [0, 0.1) is 17.7 Å². The van der Waals surface area contributed by atoms with E-state index in [2.05, 4.69) is 41.4 Å². The van der Waals surface area contributed by atoms with Crippen LogP contribution >= 0.6 is 0 Å². The van der Waals surface area contributed by atoms with E-state index in [9.17, 15) is 17.6 Å². The molecule has 2 heterocycles. The van der Waals surface area contributed by atoms with Crippen LogP contribution in [0.25, 0.3) is 0 Å². The van der Waals surface area contributed by atoms with E-state index in [4.69, 9.17) is 0 Å². The molecule has 0 radical (unpaired) electrons. The van der Waals surface area contributed by atoms with Gasteiger partial charge in [0.15, 0.2) is 0 Å². The van der Waals surface area contributed by atoms with E-state index in [0.717, 1.165) is 30.8 Å². The van der Waals surface area contributed by atoms with E-state index in [1.165, 1.54) is 35.0 Å². The van der Waals surface area contributed by atoms with Gasteiger partial charge in [0.2, 0.25) is 15.9 Å². The number of rotatable bonds is 6. The molecule has 2 aliphatic rings. The summed E-state index contributed by atoms with van der Waals surface area (Å²) < 4.78 is 40.5. The maximum atomic E-state index is 13.2. The Morgan fingerprint density at radius 1 is 1.00 bits per heavy atom. The molecule has 0 aliphatic carbocycles. The quantitative estimate of drug-likeness (QED) is 0.658. The number of hydrogen-bond acceptors (Lipinski definition) is 4. The number of nitrogens with one attached hydrogen (secondary N) is 1. The van der Waals surface area contributed by atoms with Crippen molar-refractivity contribution in [3.63, 3.8) is 0 Å². The third-order valence-electron chi connectivity index (χ3n) is 6.98. The van der Waals surface area contributed by atoms with Crippen molar-refractivity contribution in [2.45, 2.75) is 50.5 Å². The lowest BCUT2D eigenvalue weighted by Crippen LogP contribution is -2.45. The van der Waals surface area contributed by atoms with Crippen LogP contribution in [-0.2, 0) is 14.8 Å². The normalized spacial score (nSPS) is 22.9. The molecular weight excluding hydrogens is 453 g/mol. The Morgan fingerprint density at radius 3 is 2.35 bits per heavy atom. The lowest BCUT2D eigenvalue weighted by molar-refractivity contribution is -0.126. The maximum absolute atomic E-state index is 13.2. The second-order valence-corrected chi connectivity index (χ2v) is 11.6. The zero-order chi connectivity index (χ0) is 24.3. The molecule has 1 amide bonds. The van der Waals surface area contributed by atoms with Gasteiger partial charge in [0.05, 0.1) is 16.9 Å². The van der Waals surface area contributed by atoms with Gasteiger partial charge in [-0.1, -0.05) is 19.1 Å². The van der Waals surface area contributed by atoms with Crippen LogP contribution in [0.15, 0.2) is 53.4 Å². The Morgan fingerprint density at radius 2 is 1.68 bits per heavy atom. The SMILES string of the molecule is C[C@@H]1CCCN(c2ccc([C@H](C)NC(=O)[C@H]3CCCN(S(=O)(=O)c4ccc(F)cc4)C3)cc2)C1. The number of anilines is 1. The third kappa shape index (κ3) is 5.61. The smallest absolute Gasteiger partial charge is 0.243 e. The van der Waals surface area contributed by atoms with Crippen molar-refractivity contribution in [2.75, 3.05) is 31.1 Å². The van der Waals surface area contributed by atoms with Gasteiger partial charge in [-0.2, -0.15) is 4.31 Å². The molecule has 2 aromatic rings. The van der Waals surface area contributed by atoms with E-state index < -0.39 is 21.8 Å². The number of hydrogen-bond donors (Lipinski definition) is 1. The van der Waals surface area contributed by atoms with Crippen molar-refractivity contribution < 1.29 is 17.6 Å². The van der Waals surface area contributed by atoms with Crippen molar-refractivity contribution in [3.8, 4) is 0 Å². The van der Waals surface area contributed by atoms with Gasteiger partial charge in [-0.05, 0) is 80.5 Å². The van der Waals surface area contributed by atoms with Crippen molar-refractivity contribution in [3.05, 3.63) is 59.9 Å². The van der Waals surface area contributed by atoms with Crippen LogP contribution in [-0.4, -0.2) is 44.8 Å². The van der Waals surface area contributed by atoms with Crippen LogP contribution in [0.5, 0.6) is 0 Å². The summed E-state index contributed by atoms with van der Waals surface area (Å²) in [6.45, 7) is 6.88. The number of carbonyl (C=O) groups excluding carboxylic acids is 1. The summed E-state index contributed by atoms with van der Waals surface area (Å²) in [5.74, 6) is -0.336. The maximum Gasteiger partial charge on any atom is 0.243 e. The van der Waals surface area contributed by atoms with Crippen molar-refractivity contribution in [2.24, 2.45) is 11.8 Å². The van der Waals surface area contributed by atoms with Crippen LogP contribution < -0.4 is 10.2 Å². The van der Waals surface area contributed by atoms with E-state index in [0.29, 0.717) is 25.3 Å². The molecule has 6 nitrogen and oxygen atoms in total. The molecule has 34 heavy (non-hydrogen) atoms. The Bertz CT molecular complexity index is 1090. The highest BCUT2D eigenvalue weighted by Crippen LogP contribution is 2.27. The van der Waals surface area contributed by atoms with Gasteiger partial charge in [0.1, 0.15) is 5.82 Å². The predicted molar refractivity (Wildman–Crippen MR) is 131 cm³/mol. The van der Waals surface area contributed by atoms with E-state index >= 15 is 0 Å². The predicted octanol–water partition coefficient (Wildman–Crippen LogP) is 4.34. The summed E-state index contributed by atoms with van der Waals surface area (Å²) in [5, 5.41) is 3.07. The van der Waals surface area contributed by atoms with Gasteiger partial charge in [-0.25, -0.2) is 12.8 Å². The summed E-state index contributed by atoms with van der Waals surface area (Å²) in [5.41, 5.74) is 2.23. The van der Waals surface area contributed by atoms with Crippen molar-refractivity contribution in [1.29, 1.82) is 0 Å². The molecule has 184 valence electrons. The van der Waals surface area contributed by atoms with Crippen LogP contribution in [0.4, 0.5) is 10.1 Å². The molecule has 2 saturated heterocycles. The Kier molecular flexibility index (Phi) is 7.57. The summed E-state index contributed by atoms with van der Waals surface area (Å²) in [6, 6.07) is 13.0. The fourth-order valence-electron chi connectivity index (χ4n) is 4.94. The topological polar surface area (TPSA) is 69.7 Å². The number of carbonyl (C=O) groups is 1. The zero-order valence-corrected chi connectivity index (χ0v) is 20.7. The number of halogens is 1. The van der Waals surface area contributed by atoms with Gasteiger partial charge >= 0.3 is 0 Å². The van der Waals surface area contributed by atoms with Crippen LogP contribution in [0.2, 0.25) is 0 Å². The molecule has 0 bridgehead atoms. The molecule has 2 aromatic carbocycles. The highest BCUT2D eigenvalue weighted by Gasteiger charge is 2.33. The van der Waals surface area contributed by atoms with Gasteiger partial charge in [0.25, 0.3) is 0 Å². The van der Waals surface area contributed by atoms with Gasteiger partial charge in [-0.15, -0.1) is 0 Å². The van der Waals surface area contributed by atoms with Gasteiger partial charge in [-0.3, -0.25) is 4.79 Å². The summed E-state index contributed by atoms with van der Waals surface area (Å²) in [6.07, 6.45) is 3.74. The van der Waals surface area contributed by atoms with Crippen LogP contribution in [0.1, 0.15) is 51.1 Å². The average molecular weight is 488 g/mol. The molecule has 2 fully saturated rings. The monoisotopic (exact) mass is 487 g/mol. The number of piperidine rings is 2. The Labute approximate surface area is 202 Å². The Hall–Kier alpha value is -2.45. The second kappa shape index (κ2) is 10.4. The minimum absolute atomic E-state index is 0.0477. The molecule has 0 aromatic heterocycles. The molecule has 4 rings (SSSR count). The number of amides is 1. The number of sulfonamides is 1. The first kappa shape index (κ1) is 24.7. The van der Waals surface area contributed by atoms with Crippen molar-refractivity contribution >= 4 is 21.6 Å². The minimum atomic E-state index is -3.76. The van der Waals surface area contributed by atoms with E-state index in [1.807, 2.05) is 6.92 Å². The molecule has 0 spiro atoms. The first-order chi connectivity index (χ1) is 16.2. The molecular formula is C26H34FN3O3S. The zero-order valence-electron chi connectivity index (χ0n) is 19.9. The lowest BCUT2D eigenvalue weighted by atomic mass is 9.97. The fourth-order valence-corrected chi connectivity index (χ4v) is 6.47. The largest absolute Gasteiger partial charge is 0.371 e. The third-order valence-corrected chi connectivity index (χ3v) is 8.86. The van der Waals surface area contributed by atoms with Crippen molar-refractivity contribution in [1.82, 2.24) is 9.62 Å². The fraction of sp³-hybridized carbons (Fsp3) is 0.500. The highest BCUT2D eigenvalue weighted by molar-refractivity contribution is 7.89. The molecule has 3 atom stereocenters. The van der Waals surface area contributed by atoms with Gasteiger partial charge in [0, 0.05) is 31.9 Å². The first-order valence-electron chi connectivity index (χ1n) is 12.1. The van der Waals surface area contributed by atoms with E-state index in [-0.39, 0.29) is 23.4 Å². The minimum Gasteiger partial charge on any atom is -0.371 e. The molecule has 0 unspecified atom stereocenters. The van der Waals surface area contributed by atoms with Gasteiger partial charge < -0.3 is 10.2 Å². The summed E-state index contributed by atoms with van der Waals surface area (Å²) >= 11 is 0. The summed E-state index contributed by atoms with van der Waals surface area (Å²) in [4.78, 5) is 15.5. The first-order valence-corrected chi connectivity index (χ1v) is 13.6. The molecule has 0 saturated carbocycles. The number of benzene rings is 2.